The highest BCUT2D eigenvalue weighted by Crippen LogP contribution is 2.36. The first-order valence-electron chi connectivity index (χ1n) is 3.27. The average Bonchev–Trinajstić information content (AvgIpc) is 2.63. The Labute approximate surface area is 70.4 Å². The number of carboxylic acids is 1. The summed E-state index contributed by atoms with van der Waals surface area (Å²) in [5.41, 5.74) is 0. The molecule has 1 fully saturated rings. The number of halogens is 1. The molecule has 0 aromatic rings. The van der Waals surface area contributed by atoms with Crippen molar-refractivity contribution < 1.29 is 9.90 Å². The fourth-order valence-corrected chi connectivity index (χ4v) is 1.01. The molecule has 4 nitrogen and oxygen atoms in total. The third-order valence-corrected chi connectivity index (χ3v) is 1.78. The molecule has 0 heterocycles. The van der Waals surface area contributed by atoms with Crippen LogP contribution in [0.1, 0.15) is 12.8 Å². The van der Waals surface area contributed by atoms with E-state index in [2.05, 4.69) is 5.18 Å². The lowest BCUT2D eigenvalue weighted by molar-refractivity contribution is -0.142. The summed E-state index contributed by atoms with van der Waals surface area (Å²) < 4.78 is 0. The number of aliphatic carboxylic acids is 1. The molecular formula is C6H10ClNO3. The Hall–Kier alpha value is -0.640. The van der Waals surface area contributed by atoms with Crippen LogP contribution in [0.3, 0.4) is 0 Å². The fraction of sp³-hybridized carbons (Fsp3) is 0.833. The van der Waals surface area contributed by atoms with Crippen LogP contribution < -0.4 is 0 Å². The van der Waals surface area contributed by atoms with E-state index in [0.717, 1.165) is 12.8 Å². The third kappa shape index (κ3) is 2.84. The summed E-state index contributed by atoms with van der Waals surface area (Å²) in [6.45, 7) is -0.0694. The summed E-state index contributed by atoms with van der Waals surface area (Å²) in [7, 11) is 0. The van der Waals surface area contributed by atoms with Crippen molar-refractivity contribution in [3.8, 4) is 0 Å². The van der Waals surface area contributed by atoms with Gasteiger partial charge in [0.25, 0.3) is 0 Å². The smallest absolute Gasteiger partial charge is 0.308 e. The van der Waals surface area contributed by atoms with Gasteiger partial charge in [0.1, 0.15) is 0 Å². The molecule has 0 spiro atoms. The summed E-state index contributed by atoms with van der Waals surface area (Å²) in [5, 5.41) is 11.1. The van der Waals surface area contributed by atoms with Crippen molar-refractivity contribution >= 4 is 18.4 Å². The van der Waals surface area contributed by atoms with Crippen molar-refractivity contribution in [1.82, 2.24) is 0 Å². The molecule has 0 aromatic carbocycles. The Balaban J connectivity index is 0.000001000. The Morgan fingerprint density at radius 1 is 1.64 bits per heavy atom. The van der Waals surface area contributed by atoms with Crippen molar-refractivity contribution in [2.45, 2.75) is 12.8 Å². The lowest BCUT2D eigenvalue weighted by Crippen LogP contribution is -2.18. The lowest BCUT2D eigenvalue weighted by Gasteiger charge is -2.03. The van der Waals surface area contributed by atoms with E-state index in [1.54, 1.807) is 0 Å². The van der Waals surface area contributed by atoms with E-state index in [0.29, 0.717) is 0 Å². The maximum atomic E-state index is 10.4. The SMILES string of the molecule is Cl.O=NCC(C(=O)O)C1CC1. The van der Waals surface area contributed by atoms with Gasteiger partial charge in [-0.2, -0.15) is 4.91 Å². The van der Waals surface area contributed by atoms with Crippen LogP contribution in [0.15, 0.2) is 5.18 Å². The van der Waals surface area contributed by atoms with Crippen LogP contribution >= 0.6 is 12.4 Å². The van der Waals surface area contributed by atoms with Gasteiger partial charge in [-0.3, -0.25) is 4.79 Å². The van der Waals surface area contributed by atoms with E-state index >= 15 is 0 Å². The van der Waals surface area contributed by atoms with Crippen LogP contribution in [-0.2, 0) is 4.79 Å². The molecule has 11 heavy (non-hydrogen) atoms. The Morgan fingerprint density at radius 2 is 2.18 bits per heavy atom. The molecule has 0 aliphatic heterocycles. The number of hydrogen-bond donors (Lipinski definition) is 1. The summed E-state index contributed by atoms with van der Waals surface area (Å²) in [6, 6.07) is 0. The highest BCUT2D eigenvalue weighted by Gasteiger charge is 2.36. The molecule has 64 valence electrons. The summed E-state index contributed by atoms with van der Waals surface area (Å²) >= 11 is 0. The van der Waals surface area contributed by atoms with Gasteiger partial charge in [-0.1, -0.05) is 5.18 Å². The van der Waals surface area contributed by atoms with Gasteiger partial charge in [0.2, 0.25) is 0 Å². The van der Waals surface area contributed by atoms with Gasteiger partial charge in [-0.05, 0) is 18.8 Å². The van der Waals surface area contributed by atoms with Gasteiger partial charge < -0.3 is 5.11 Å². The van der Waals surface area contributed by atoms with Gasteiger partial charge >= 0.3 is 5.97 Å². The van der Waals surface area contributed by atoms with Gasteiger partial charge in [-0.25, -0.2) is 0 Å². The number of rotatable bonds is 4. The third-order valence-electron chi connectivity index (χ3n) is 1.78. The van der Waals surface area contributed by atoms with Crippen molar-refractivity contribution in [3.05, 3.63) is 4.91 Å². The number of carboxylic acid groups (broad SMARTS) is 1. The minimum absolute atomic E-state index is 0. The van der Waals surface area contributed by atoms with E-state index in [9.17, 15) is 9.70 Å². The first-order chi connectivity index (χ1) is 4.75. The Kier molecular flexibility index (Phi) is 4.03. The molecule has 1 atom stereocenters. The van der Waals surface area contributed by atoms with E-state index < -0.39 is 11.9 Å². The quantitative estimate of drug-likeness (QED) is 0.662. The van der Waals surface area contributed by atoms with E-state index in [-0.39, 0.29) is 24.9 Å². The van der Waals surface area contributed by atoms with Crippen LogP contribution in [0.2, 0.25) is 0 Å². The van der Waals surface area contributed by atoms with Gasteiger partial charge in [0.15, 0.2) is 0 Å². The number of hydrogen-bond acceptors (Lipinski definition) is 3. The zero-order valence-corrected chi connectivity index (χ0v) is 6.71. The van der Waals surface area contributed by atoms with Crippen LogP contribution in [0.4, 0.5) is 0 Å². The highest BCUT2D eigenvalue weighted by atomic mass is 35.5. The van der Waals surface area contributed by atoms with Crippen molar-refractivity contribution in [3.63, 3.8) is 0 Å². The summed E-state index contributed by atoms with van der Waals surface area (Å²) in [6.07, 6.45) is 1.87. The van der Waals surface area contributed by atoms with Crippen LogP contribution in [0.5, 0.6) is 0 Å². The molecule has 1 unspecified atom stereocenters. The molecule has 0 radical (unpaired) electrons. The molecular weight excluding hydrogens is 170 g/mol. The predicted molar refractivity (Wildman–Crippen MR) is 41.8 cm³/mol. The molecule has 0 saturated heterocycles. The molecule has 1 rings (SSSR count). The second-order valence-electron chi connectivity index (χ2n) is 2.59. The Morgan fingerprint density at radius 3 is 2.45 bits per heavy atom. The van der Waals surface area contributed by atoms with Crippen molar-refractivity contribution in [1.29, 1.82) is 0 Å². The minimum Gasteiger partial charge on any atom is -0.481 e. The molecule has 0 aromatic heterocycles. The maximum absolute atomic E-state index is 10.4. The maximum Gasteiger partial charge on any atom is 0.308 e. The first kappa shape index (κ1) is 10.4. The van der Waals surface area contributed by atoms with Gasteiger partial charge in [-0.15, -0.1) is 12.4 Å². The monoisotopic (exact) mass is 179 g/mol. The van der Waals surface area contributed by atoms with Crippen LogP contribution in [0.25, 0.3) is 0 Å². The van der Waals surface area contributed by atoms with Crippen molar-refractivity contribution in [2.24, 2.45) is 17.0 Å². The second kappa shape index (κ2) is 4.28. The lowest BCUT2D eigenvalue weighted by atomic mass is 10.1. The Bertz CT molecular complexity index is 158. The van der Waals surface area contributed by atoms with E-state index in [4.69, 9.17) is 5.11 Å². The van der Waals surface area contributed by atoms with Crippen LogP contribution in [-0.4, -0.2) is 17.6 Å². The topological polar surface area (TPSA) is 66.7 Å². The fourth-order valence-electron chi connectivity index (χ4n) is 1.01. The average molecular weight is 180 g/mol. The first-order valence-corrected chi connectivity index (χ1v) is 3.27. The number of carbonyl (C=O) groups is 1. The normalized spacial score (nSPS) is 18.2. The van der Waals surface area contributed by atoms with Gasteiger partial charge in [0, 0.05) is 0 Å². The zero-order valence-electron chi connectivity index (χ0n) is 5.90. The second-order valence-corrected chi connectivity index (χ2v) is 2.59. The van der Waals surface area contributed by atoms with E-state index in [1.165, 1.54) is 0 Å². The van der Waals surface area contributed by atoms with E-state index in [1.807, 2.05) is 0 Å². The molecule has 5 heteroatoms. The molecule has 1 aliphatic carbocycles. The molecule has 0 amide bonds. The summed E-state index contributed by atoms with van der Waals surface area (Å²) in [4.78, 5) is 20.1. The molecule has 1 saturated carbocycles. The number of nitrogens with zero attached hydrogens (tertiary/aromatic N) is 1. The van der Waals surface area contributed by atoms with Crippen LogP contribution in [0, 0.1) is 16.7 Å². The largest absolute Gasteiger partial charge is 0.481 e. The molecule has 1 N–H and O–H groups in total. The summed E-state index contributed by atoms with van der Waals surface area (Å²) in [5.74, 6) is -1.19. The highest BCUT2D eigenvalue weighted by molar-refractivity contribution is 5.85. The predicted octanol–water partition coefficient (Wildman–Crippen LogP) is 1.29. The minimum atomic E-state index is -0.887. The standard InChI is InChI=1S/C6H9NO3.ClH/c8-6(9)5(3-7-10)4-1-2-4;/h4-5H,1-3H2,(H,8,9);1H. The number of nitroso groups, excluding NO2 is 1. The molecule has 1 aliphatic rings. The zero-order chi connectivity index (χ0) is 7.56. The van der Waals surface area contributed by atoms with Crippen molar-refractivity contribution in [2.75, 3.05) is 6.54 Å². The van der Waals surface area contributed by atoms with Gasteiger partial charge in [0.05, 0.1) is 12.5 Å². The molecule has 0 bridgehead atoms.